The van der Waals surface area contributed by atoms with Crippen molar-refractivity contribution in [1.82, 2.24) is 9.55 Å². The minimum atomic E-state index is -1.09. The lowest BCUT2D eigenvalue weighted by Gasteiger charge is -2.11. The van der Waals surface area contributed by atoms with Crippen LogP contribution in [0.15, 0.2) is 34.8 Å². The van der Waals surface area contributed by atoms with Crippen LogP contribution in [-0.2, 0) is 5.88 Å². The van der Waals surface area contributed by atoms with Gasteiger partial charge in [0.25, 0.3) is 0 Å². The Balaban J connectivity index is 2.49. The Hall–Kier alpha value is -1.53. The van der Waals surface area contributed by atoms with Crippen molar-refractivity contribution in [3.05, 3.63) is 58.1 Å². The van der Waals surface area contributed by atoms with Crippen LogP contribution < -0.4 is 0 Å². The number of rotatable bonds is 2. The molecule has 0 aliphatic carbocycles. The first kappa shape index (κ1) is 14.4. The Kier molecular flexibility index (Phi) is 3.67. The van der Waals surface area contributed by atoms with E-state index in [2.05, 4.69) is 20.9 Å². The number of hydrogen-bond acceptors (Lipinski definition) is 1. The summed E-state index contributed by atoms with van der Waals surface area (Å²) in [4.78, 5) is 4.13. The van der Waals surface area contributed by atoms with Gasteiger partial charge in [-0.25, -0.2) is 18.2 Å². The van der Waals surface area contributed by atoms with Crippen LogP contribution in [0.25, 0.3) is 16.7 Å². The number of alkyl halides is 1. The monoisotopic (exact) mass is 374 g/mol. The second kappa shape index (κ2) is 5.35. The van der Waals surface area contributed by atoms with Gasteiger partial charge in [0.1, 0.15) is 17.2 Å². The number of halogens is 5. The Labute approximate surface area is 131 Å². The summed E-state index contributed by atoms with van der Waals surface area (Å²) in [7, 11) is 0. The number of hydrogen-bond donors (Lipinski definition) is 0. The smallest absolute Gasteiger partial charge is 0.185 e. The number of imidazole rings is 1. The third kappa shape index (κ3) is 2.22. The minimum absolute atomic E-state index is 0.0418. The van der Waals surface area contributed by atoms with Crippen molar-refractivity contribution in [2.24, 2.45) is 0 Å². The largest absolute Gasteiger partial charge is 0.288 e. The summed E-state index contributed by atoms with van der Waals surface area (Å²) in [6.07, 6.45) is 0. The van der Waals surface area contributed by atoms with Crippen molar-refractivity contribution in [1.29, 1.82) is 0 Å². The average molecular weight is 376 g/mol. The second-order valence-electron chi connectivity index (χ2n) is 4.30. The molecule has 0 saturated carbocycles. The third-order valence-electron chi connectivity index (χ3n) is 3.06. The van der Waals surface area contributed by atoms with E-state index in [1.165, 1.54) is 22.8 Å². The fraction of sp³-hybridized carbons (Fsp3) is 0.0714. The highest BCUT2D eigenvalue weighted by Crippen LogP contribution is 2.31. The predicted octanol–water partition coefficient (Wildman–Crippen LogP) is 4.94. The summed E-state index contributed by atoms with van der Waals surface area (Å²) in [5.41, 5.74) is 0.108. The maximum Gasteiger partial charge on any atom is 0.185 e. The van der Waals surface area contributed by atoms with Gasteiger partial charge in [-0.05, 0) is 40.2 Å². The molecule has 21 heavy (non-hydrogen) atoms. The molecule has 0 aliphatic rings. The lowest BCUT2D eigenvalue weighted by atomic mass is 10.2. The molecule has 0 amide bonds. The van der Waals surface area contributed by atoms with Gasteiger partial charge < -0.3 is 0 Å². The van der Waals surface area contributed by atoms with Crippen molar-refractivity contribution in [2.45, 2.75) is 5.88 Å². The van der Waals surface area contributed by atoms with Gasteiger partial charge in [-0.1, -0.05) is 6.07 Å². The first-order valence-corrected chi connectivity index (χ1v) is 7.23. The maximum absolute atomic E-state index is 14.2. The van der Waals surface area contributed by atoms with Crippen molar-refractivity contribution < 1.29 is 13.2 Å². The molecule has 0 atom stereocenters. The number of benzene rings is 2. The van der Waals surface area contributed by atoms with E-state index in [1.54, 1.807) is 6.07 Å². The predicted molar refractivity (Wildman–Crippen MR) is 78.2 cm³/mol. The van der Waals surface area contributed by atoms with Gasteiger partial charge in [0.05, 0.1) is 17.1 Å². The molecule has 108 valence electrons. The molecule has 0 spiro atoms. The average Bonchev–Trinajstić information content (AvgIpc) is 2.82. The Morgan fingerprint density at radius 1 is 1.10 bits per heavy atom. The van der Waals surface area contributed by atoms with Gasteiger partial charge in [-0.3, -0.25) is 4.57 Å². The molecule has 3 aromatic rings. The van der Waals surface area contributed by atoms with Crippen LogP contribution in [0.3, 0.4) is 0 Å². The molecule has 7 heteroatoms. The SMILES string of the molecule is Fc1cccc(Br)c1-n1c(CCl)nc2ccc(F)c(F)c21. The van der Waals surface area contributed by atoms with Crippen LogP contribution in [0.4, 0.5) is 13.2 Å². The van der Waals surface area contributed by atoms with E-state index >= 15 is 0 Å². The van der Waals surface area contributed by atoms with Crippen molar-refractivity contribution in [3.63, 3.8) is 0 Å². The molecule has 2 nitrogen and oxygen atoms in total. The molecule has 1 heterocycles. The van der Waals surface area contributed by atoms with E-state index in [0.29, 0.717) is 4.47 Å². The first-order valence-electron chi connectivity index (χ1n) is 5.90. The molecule has 0 bridgehead atoms. The van der Waals surface area contributed by atoms with Crippen molar-refractivity contribution in [2.75, 3.05) is 0 Å². The van der Waals surface area contributed by atoms with Crippen LogP contribution in [-0.4, -0.2) is 9.55 Å². The first-order chi connectivity index (χ1) is 10.0. The quantitative estimate of drug-likeness (QED) is 0.580. The van der Waals surface area contributed by atoms with Gasteiger partial charge in [0, 0.05) is 4.47 Å². The van der Waals surface area contributed by atoms with Gasteiger partial charge in [0.15, 0.2) is 11.6 Å². The van der Waals surface area contributed by atoms with E-state index < -0.39 is 17.5 Å². The van der Waals surface area contributed by atoms with Gasteiger partial charge >= 0.3 is 0 Å². The number of para-hydroxylation sites is 1. The summed E-state index contributed by atoms with van der Waals surface area (Å²) in [5, 5.41) is 0. The third-order valence-corrected chi connectivity index (χ3v) is 3.94. The van der Waals surface area contributed by atoms with Crippen LogP contribution in [0.5, 0.6) is 0 Å². The zero-order valence-corrected chi connectivity index (χ0v) is 12.7. The Morgan fingerprint density at radius 2 is 1.86 bits per heavy atom. The van der Waals surface area contributed by atoms with Crippen molar-refractivity contribution >= 4 is 38.6 Å². The standard InChI is InChI=1S/C14H7BrClF3N2/c15-7-2-1-3-9(18)13(7)21-11(6-16)20-10-5-4-8(17)12(19)14(10)21/h1-5H,6H2. The summed E-state index contributed by atoms with van der Waals surface area (Å²) >= 11 is 9.03. The molecular formula is C14H7BrClF3N2. The molecule has 3 rings (SSSR count). The lowest BCUT2D eigenvalue weighted by molar-refractivity contribution is 0.513. The van der Waals surface area contributed by atoms with Crippen molar-refractivity contribution in [3.8, 4) is 5.69 Å². The fourth-order valence-corrected chi connectivity index (χ4v) is 2.88. The molecule has 0 unspecified atom stereocenters. The zero-order valence-electron chi connectivity index (χ0n) is 10.4. The minimum Gasteiger partial charge on any atom is -0.288 e. The molecule has 0 radical (unpaired) electrons. The summed E-state index contributed by atoms with van der Waals surface area (Å²) in [5.74, 6) is -2.57. The highest BCUT2D eigenvalue weighted by atomic mass is 79.9. The zero-order chi connectivity index (χ0) is 15.1. The van der Waals surface area contributed by atoms with Crippen LogP contribution in [0.2, 0.25) is 0 Å². The normalized spacial score (nSPS) is 11.3. The molecular weight excluding hydrogens is 369 g/mol. The Morgan fingerprint density at radius 3 is 2.52 bits per heavy atom. The summed E-state index contributed by atoms with van der Waals surface area (Å²) in [6.45, 7) is 0. The number of nitrogens with zero attached hydrogens (tertiary/aromatic N) is 2. The number of fused-ring (bicyclic) bond motifs is 1. The van der Waals surface area contributed by atoms with E-state index in [9.17, 15) is 13.2 Å². The van der Waals surface area contributed by atoms with E-state index in [0.717, 1.165) is 6.07 Å². The van der Waals surface area contributed by atoms with Crippen LogP contribution in [0.1, 0.15) is 5.82 Å². The molecule has 0 aliphatic heterocycles. The highest BCUT2D eigenvalue weighted by Gasteiger charge is 2.21. The molecule has 1 aromatic heterocycles. The topological polar surface area (TPSA) is 17.8 Å². The van der Waals surface area contributed by atoms with Gasteiger partial charge in [0.2, 0.25) is 0 Å². The van der Waals surface area contributed by atoms with E-state index in [4.69, 9.17) is 11.6 Å². The Bertz CT molecular complexity index is 828. The van der Waals surface area contributed by atoms with E-state index in [-0.39, 0.29) is 28.4 Å². The highest BCUT2D eigenvalue weighted by molar-refractivity contribution is 9.10. The van der Waals surface area contributed by atoms with Gasteiger partial charge in [-0.2, -0.15) is 0 Å². The summed E-state index contributed by atoms with van der Waals surface area (Å²) < 4.78 is 43.4. The molecule has 0 N–H and O–H groups in total. The fourth-order valence-electron chi connectivity index (χ4n) is 2.18. The van der Waals surface area contributed by atoms with Crippen LogP contribution in [0, 0.1) is 17.5 Å². The van der Waals surface area contributed by atoms with E-state index in [1.807, 2.05) is 0 Å². The van der Waals surface area contributed by atoms with Crippen LogP contribution >= 0.6 is 27.5 Å². The lowest BCUT2D eigenvalue weighted by Crippen LogP contribution is -2.04. The molecule has 2 aromatic carbocycles. The molecule has 0 saturated heterocycles. The second-order valence-corrected chi connectivity index (χ2v) is 5.42. The molecule has 0 fully saturated rings. The number of aromatic nitrogens is 2. The van der Waals surface area contributed by atoms with Gasteiger partial charge in [-0.15, -0.1) is 11.6 Å². The maximum atomic E-state index is 14.2. The summed E-state index contributed by atoms with van der Waals surface area (Å²) in [6, 6.07) is 6.62.